The molecule has 1 saturated heterocycles. The molecule has 2 heterocycles. The van der Waals surface area contributed by atoms with E-state index in [1.807, 2.05) is 35.2 Å². The predicted molar refractivity (Wildman–Crippen MR) is 98.5 cm³/mol. The molecule has 1 aliphatic heterocycles. The van der Waals surface area contributed by atoms with Gasteiger partial charge >= 0.3 is 0 Å². The van der Waals surface area contributed by atoms with Crippen molar-refractivity contribution in [3.8, 4) is 11.3 Å². The maximum absolute atomic E-state index is 12.2. The van der Waals surface area contributed by atoms with Crippen molar-refractivity contribution in [1.82, 2.24) is 9.88 Å². The lowest BCUT2D eigenvalue weighted by molar-refractivity contribution is -0.130. The van der Waals surface area contributed by atoms with Crippen LogP contribution >= 0.6 is 24.8 Å². The predicted octanol–water partition coefficient (Wildman–Crippen LogP) is 2.93. The zero-order valence-electron chi connectivity index (χ0n) is 13.4. The van der Waals surface area contributed by atoms with Crippen molar-refractivity contribution in [2.45, 2.75) is 19.3 Å². The number of oxazole rings is 1. The minimum absolute atomic E-state index is 0. The van der Waals surface area contributed by atoms with Crippen molar-refractivity contribution >= 4 is 30.7 Å². The third-order valence-electron chi connectivity index (χ3n) is 4.14. The maximum atomic E-state index is 12.2. The van der Waals surface area contributed by atoms with Gasteiger partial charge in [-0.2, -0.15) is 0 Å². The molecule has 1 amide bonds. The van der Waals surface area contributed by atoms with E-state index < -0.39 is 0 Å². The first-order valence-corrected chi connectivity index (χ1v) is 7.74. The van der Waals surface area contributed by atoms with Crippen LogP contribution in [0.4, 0.5) is 0 Å². The van der Waals surface area contributed by atoms with Crippen LogP contribution in [0.1, 0.15) is 18.7 Å². The average molecular weight is 372 g/mol. The molecule has 0 bridgehead atoms. The maximum Gasteiger partial charge on any atom is 0.223 e. The monoisotopic (exact) mass is 371 g/mol. The quantitative estimate of drug-likeness (QED) is 0.876. The van der Waals surface area contributed by atoms with E-state index in [1.54, 1.807) is 6.20 Å². The highest BCUT2D eigenvalue weighted by atomic mass is 35.5. The van der Waals surface area contributed by atoms with Gasteiger partial charge in [0, 0.05) is 31.5 Å². The summed E-state index contributed by atoms with van der Waals surface area (Å²) in [5.74, 6) is 1.97. The molecule has 3 rings (SSSR count). The van der Waals surface area contributed by atoms with Gasteiger partial charge < -0.3 is 15.1 Å². The number of carbonyl (C=O) groups excluding carboxylic acids is 1. The van der Waals surface area contributed by atoms with Gasteiger partial charge in [0.15, 0.2) is 11.7 Å². The molecule has 1 atom stereocenters. The van der Waals surface area contributed by atoms with Gasteiger partial charge in [-0.25, -0.2) is 4.98 Å². The van der Waals surface area contributed by atoms with Gasteiger partial charge in [0.2, 0.25) is 5.91 Å². The van der Waals surface area contributed by atoms with Crippen molar-refractivity contribution in [2.75, 3.05) is 19.6 Å². The summed E-state index contributed by atoms with van der Waals surface area (Å²) in [7, 11) is 0. The number of hydrogen-bond acceptors (Lipinski definition) is 4. The molecule has 2 aromatic rings. The summed E-state index contributed by atoms with van der Waals surface area (Å²) in [6, 6.07) is 9.84. The first-order valence-electron chi connectivity index (χ1n) is 7.74. The van der Waals surface area contributed by atoms with Gasteiger partial charge in [-0.15, -0.1) is 24.8 Å². The molecule has 132 valence electrons. The van der Waals surface area contributed by atoms with E-state index in [0.717, 1.165) is 30.8 Å². The van der Waals surface area contributed by atoms with Crippen molar-refractivity contribution in [2.24, 2.45) is 11.7 Å². The summed E-state index contributed by atoms with van der Waals surface area (Å²) in [6.45, 7) is 2.27. The molecule has 0 aliphatic carbocycles. The molecule has 1 aromatic carbocycles. The number of likely N-dealkylation sites (tertiary alicyclic amines) is 1. The summed E-state index contributed by atoms with van der Waals surface area (Å²) < 4.78 is 5.72. The van der Waals surface area contributed by atoms with Crippen LogP contribution in [0.15, 0.2) is 40.9 Å². The summed E-state index contributed by atoms with van der Waals surface area (Å²) in [5.41, 5.74) is 6.65. The summed E-state index contributed by atoms with van der Waals surface area (Å²) in [6.07, 6.45) is 3.70. The molecular formula is C17H23Cl2N3O2. The molecule has 0 radical (unpaired) electrons. The number of nitrogens with two attached hydrogens (primary N) is 1. The fourth-order valence-electron chi connectivity index (χ4n) is 2.79. The number of nitrogens with zero attached hydrogens (tertiary/aromatic N) is 2. The fraction of sp³-hybridized carbons (Fsp3) is 0.412. The van der Waals surface area contributed by atoms with Crippen molar-refractivity contribution in [1.29, 1.82) is 0 Å². The van der Waals surface area contributed by atoms with Crippen molar-refractivity contribution in [3.05, 3.63) is 42.4 Å². The third-order valence-corrected chi connectivity index (χ3v) is 4.14. The molecule has 5 nitrogen and oxygen atoms in total. The van der Waals surface area contributed by atoms with Gasteiger partial charge in [-0.1, -0.05) is 30.3 Å². The van der Waals surface area contributed by atoms with E-state index >= 15 is 0 Å². The lowest BCUT2D eigenvalue weighted by atomic mass is 10.1. The number of hydrogen-bond donors (Lipinski definition) is 1. The number of rotatable bonds is 5. The smallest absolute Gasteiger partial charge is 0.223 e. The van der Waals surface area contributed by atoms with E-state index in [0.29, 0.717) is 31.2 Å². The van der Waals surface area contributed by atoms with Crippen molar-refractivity contribution < 1.29 is 9.21 Å². The van der Waals surface area contributed by atoms with E-state index in [9.17, 15) is 4.79 Å². The first-order chi connectivity index (χ1) is 10.8. The standard InChI is InChI=1S/C17H21N3O2.2ClH/c18-10-13-8-9-20(12-13)17(21)7-6-16-19-11-15(22-16)14-4-2-1-3-5-14;;/h1-5,11,13H,6-10,12,18H2;2*1H. The zero-order valence-corrected chi connectivity index (χ0v) is 15.0. The minimum Gasteiger partial charge on any atom is -0.441 e. The minimum atomic E-state index is 0. The Kier molecular flexibility index (Phi) is 8.25. The second-order valence-electron chi connectivity index (χ2n) is 5.71. The summed E-state index contributed by atoms with van der Waals surface area (Å²) in [5, 5.41) is 0. The average Bonchev–Trinajstić information content (AvgIpc) is 3.22. The van der Waals surface area contributed by atoms with Crippen LogP contribution in [-0.4, -0.2) is 35.4 Å². The molecule has 2 N–H and O–H groups in total. The molecule has 0 saturated carbocycles. The largest absolute Gasteiger partial charge is 0.441 e. The normalized spacial score (nSPS) is 16.4. The Morgan fingerprint density at radius 3 is 2.71 bits per heavy atom. The Hall–Kier alpha value is -1.56. The van der Waals surface area contributed by atoms with E-state index in [-0.39, 0.29) is 30.7 Å². The highest BCUT2D eigenvalue weighted by molar-refractivity contribution is 5.85. The van der Waals surface area contributed by atoms with Crippen LogP contribution < -0.4 is 5.73 Å². The van der Waals surface area contributed by atoms with Crippen LogP contribution in [0.25, 0.3) is 11.3 Å². The fourth-order valence-corrected chi connectivity index (χ4v) is 2.79. The molecule has 0 spiro atoms. The number of amides is 1. The number of carbonyl (C=O) groups is 1. The van der Waals surface area contributed by atoms with Crippen LogP contribution in [-0.2, 0) is 11.2 Å². The summed E-state index contributed by atoms with van der Waals surface area (Å²) in [4.78, 5) is 18.3. The van der Waals surface area contributed by atoms with Gasteiger partial charge in [0.25, 0.3) is 0 Å². The van der Waals surface area contributed by atoms with Crippen LogP contribution in [0, 0.1) is 5.92 Å². The Morgan fingerprint density at radius 1 is 1.29 bits per heavy atom. The van der Waals surface area contributed by atoms with Crippen LogP contribution in [0.5, 0.6) is 0 Å². The molecule has 1 aliphatic rings. The van der Waals surface area contributed by atoms with E-state index in [4.69, 9.17) is 10.2 Å². The highest BCUT2D eigenvalue weighted by Gasteiger charge is 2.25. The van der Waals surface area contributed by atoms with E-state index in [1.165, 1.54) is 0 Å². The lowest BCUT2D eigenvalue weighted by Crippen LogP contribution is -2.30. The van der Waals surface area contributed by atoms with Crippen LogP contribution in [0.3, 0.4) is 0 Å². The lowest BCUT2D eigenvalue weighted by Gasteiger charge is -2.15. The topological polar surface area (TPSA) is 72.4 Å². The Balaban J connectivity index is 0.00000144. The summed E-state index contributed by atoms with van der Waals surface area (Å²) >= 11 is 0. The Labute approximate surface area is 154 Å². The molecule has 1 fully saturated rings. The number of aryl methyl sites for hydroxylation is 1. The van der Waals surface area contributed by atoms with Gasteiger partial charge in [0.1, 0.15) is 0 Å². The first kappa shape index (κ1) is 20.5. The molecule has 7 heteroatoms. The van der Waals surface area contributed by atoms with E-state index in [2.05, 4.69) is 4.98 Å². The molecule has 24 heavy (non-hydrogen) atoms. The number of halogens is 2. The number of benzene rings is 1. The van der Waals surface area contributed by atoms with Crippen molar-refractivity contribution in [3.63, 3.8) is 0 Å². The van der Waals surface area contributed by atoms with Gasteiger partial charge in [0.05, 0.1) is 6.20 Å². The SMILES string of the molecule is Cl.Cl.NCC1CCN(C(=O)CCc2ncc(-c3ccccc3)o2)C1. The molecule has 1 unspecified atom stereocenters. The Bertz CT molecular complexity index is 634. The Morgan fingerprint density at radius 2 is 2.04 bits per heavy atom. The second-order valence-corrected chi connectivity index (χ2v) is 5.71. The van der Waals surface area contributed by atoms with Gasteiger partial charge in [-0.05, 0) is 18.9 Å². The molecular weight excluding hydrogens is 349 g/mol. The highest BCUT2D eigenvalue weighted by Crippen LogP contribution is 2.21. The third kappa shape index (κ3) is 4.97. The number of aromatic nitrogens is 1. The zero-order chi connectivity index (χ0) is 15.4. The molecule has 1 aromatic heterocycles. The second kappa shape index (κ2) is 9.67. The van der Waals surface area contributed by atoms with Gasteiger partial charge in [-0.3, -0.25) is 4.79 Å². The van der Waals surface area contributed by atoms with Crippen LogP contribution in [0.2, 0.25) is 0 Å².